The van der Waals surface area contributed by atoms with Crippen molar-refractivity contribution in [1.29, 1.82) is 0 Å². The number of hydrogen-bond donors (Lipinski definition) is 0. The van der Waals surface area contributed by atoms with Gasteiger partial charge in [0.2, 0.25) is 19.3 Å². The highest BCUT2D eigenvalue weighted by atomic mass is 16.9. The first-order valence-corrected chi connectivity index (χ1v) is 13.8. The Morgan fingerprint density at radius 2 is 1.65 bits per heavy atom. The van der Waals surface area contributed by atoms with Crippen molar-refractivity contribution in [2.24, 2.45) is 0 Å². The van der Waals surface area contributed by atoms with E-state index in [1.165, 1.54) is 13.1 Å². The Balaban J connectivity index is 1.43. The quantitative estimate of drug-likeness (QED) is 0.291. The van der Waals surface area contributed by atoms with E-state index in [0.29, 0.717) is 22.8 Å². The minimum Gasteiger partial charge on any atom is -0.457 e. The van der Waals surface area contributed by atoms with Gasteiger partial charge in [-0.05, 0) is 54.5 Å². The average Bonchev–Trinajstić information content (AvgIpc) is 3.62. The Morgan fingerprint density at radius 1 is 0.975 bits per heavy atom. The predicted octanol–water partition coefficient (Wildman–Crippen LogP) is 5.40. The molecule has 0 N–H and O–H groups in total. The molecule has 0 spiro atoms. The highest BCUT2D eigenvalue weighted by Crippen LogP contribution is 2.50. The first-order valence-electron chi connectivity index (χ1n) is 13.8. The summed E-state index contributed by atoms with van der Waals surface area (Å²) in [7, 11) is 0. The van der Waals surface area contributed by atoms with Gasteiger partial charge in [-0.1, -0.05) is 73.7 Å². The molecular weight excluding hydrogens is 510 g/mol. The zero-order valence-corrected chi connectivity index (χ0v) is 22.7. The van der Waals surface area contributed by atoms with Crippen molar-refractivity contribution >= 4 is 12.2 Å². The van der Waals surface area contributed by atoms with E-state index in [0.717, 1.165) is 36.0 Å². The molecule has 2 heterocycles. The summed E-state index contributed by atoms with van der Waals surface area (Å²) in [5.74, 6) is 0.710. The van der Waals surface area contributed by atoms with Crippen LogP contribution in [-0.2, 0) is 29.9 Å². The van der Waals surface area contributed by atoms with E-state index in [9.17, 15) is 10.0 Å². The molecule has 0 amide bonds. The number of benzene rings is 3. The monoisotopic (exact) mass is 543 g/mol. The normalized spacial score (nSPS) is 26.6. The van der Waals surface area contributed by atoms with Crippen LogP contribution in [0.1, 0.15) is 56.2 Å². The molecule has 3 aliphatic rings. The SMILES string of the molecule is CC[C@]1(c2ccc3c(c2)OCO3)C=[N+]([O-])O[C@H](OC2CCCC2(c2ccccc2)c2ccccc2)[C@@H]1OC(C)=O. The first kappa shape index (κ1) is 26.2. The number of fused-ring (bicyclic) bond motifs is 1. The molecule has 3 aromatic carbocycles. The highest BCUT2D eigenvalue weighted by molar-refractivity contribution is 5.74. The fourth-order valence-corrected chi connectivity index (χ4v) is 6.67. The van der Waals surface area contributed by atoms with E-state index in [1.807, 2.05) is 55.5 Å². The molecule has 1 unspecified atom stereocenters. The molecule has 0 radical (unpaired) electrons. The van der Waals surface area contributed by atoms with E-state index < -0.39 is 29.2 Å². The Bertz CT molecular complexity index is 1350. The Hall–Kier alpha value is -4.04. The topological polar surface area (TPSA) is 89.3 Å². The minimum atomic E-state index is -1.15. The lowest BCUT2D eigenvalue weighted by Gasteiger charge is -2.45. The van der Waals surface area contributed by atoms with Crippen LogP contribution in [0.15, 0.2) is 78.9 Å². The summed E-state index contributed by atoms with van der Waals surface area (Å²) in [5.41, 5.74) is 1.51. The Morgan fingerprint density at radius 3 is 2.30 bits per heavy atom. The molecule has 6 rings (SSSR count). The number of hydrogen-bond acceptors (Lipinski definition) is 7. The number of esters is 1. The molecule has 8 nitrogen and oxygen atoms in total. The van der Waals surface area contributed by atoms with Crippen molar-refractivity contribution in [1.82, 2.24) is 0 Å². The van der Waals surface area contributed by atoms with Crippen LogP contribution in [0.4, 0.5) is 0 Å². The minimum absolute atomic E-state index is 0.125. The van der Waals surface area contributed by atoms with Crippen LogP contribution < -0.4 is 9.47 Å². The number of carbonyl (C=O) groups is 1. The molecule has 0 saturated heterocycles. The molecule has 2 aliphatic heterocycles. The van der Waals surface area contributed by atoms with Gasteiger partial charge in [0.25, 0.3) is 0 Å². The summed E-state index contributed by atoms with van der Waals surface area (Å²) in [5, 5.41) is 13.1. The fraction of sp³-hybridized carbons (Fsp3) is 0.375. The van der Waals surface area contributed by atoms with Gasteiger partial charge >= 0.3 is 5.97 Å². The zero-order chi connectivity index (χ0) is 27.7. The highest BCUT2D eigenvalue weighted by Gasteiger charge is 2.55. The third kappa shape index (κ3) is 4.36. The Kier molecular flexibility index (Phi) is 6.88. The molecule has 1 saturated carbocycles. The summed E-state index contributed by atoms with van der Waals surface area (Å²) in [6.45, 7) is 3.43. The van der Waals surface area contributed by atoms with Crippen molar-refractivity contribution in [3.63, 3.8) is 0 Å². The lowest BCUT2D eigenvalue weighted by atomic mass is 9.71. The second-order valence-corrected chi connectivity index (χ2v) is 10.6. The van der Waals surface area contributed by atoms with Gasteiger partial charge in [0.05, 0.1) is 6.10 Å². The average molecular weight is 544 g/mol. The maximum absolute atomic E-state index is 13.1. The number of ether oxygens (including phenoxy) is 4. The van der Waals surface area contributed by atoms with Crippen LogP contribution in [0.5, 0.6) is 11.5 Å². The van der Waals surface area contributed by atoms with Crippen LogP contribution in [0, 0.1) is 5.21 Å². The molecule has 1 fully saturated rings. The zero-order valence-electron chi connectivity index (χ0n) is 22.7. The molecule has 0 bridgehead atoms. The van der Waals surface area contributed by atoms with Crippen LogP contribution in [0.25, 0.3) is 0 Å². The molecule has 0 aromatic heterocycles. The van der Waals surface area contributed by atoms with Crippen molar-refractivity contribution in [3.05, 3.63) is 101 Å². The number of rotatable bonds is 7. The van der Waals surface area contributed by atoms with Crippen LogP contribution in [-0.4, -0.2) is 42.4 Å². The fourth-order valence-electron chi connectivity index (χ4n) is 6.67. The van der Waals surface area contributed by atoms with Gasteiger partial charge < -0.3 is 23.8 Å². The second kappa shape index (κ2) is 10.5. The van der Waals surface area contributed by atoms with E-state index in [-0.39, 0.29) is 12.9 Å². The molecule has 8 heteroatoms. The number of nitrogens with zero attached hydrogens (tertiary/aromatic N) is 1. The molecule has 4 atom stereocenters. The lowest BCUT2D eigenvalue weighted by Crippen LogP contribution is -2.58. The van der Waals surface area contributed by atoms with Gasteiger partial charge in [0, 0.05) is 17.2 Å². The van der Waals surface area contributed by atoms with Gasteiger partial charge in [-0.2, -0.15) is 0 Å². The van der Waals surface area contributed by atoms with E-state index in [2.05, 4.69) is 24.3 Å². The molecule has 208 valence electrons. The first-order chi connectivity index (χ1) is 19.5. The van der Waals surface area contributed by atoms with Crippen molar-refractivity contribution in [3.8, 4) is 11.5 Å². The van der Waals surface area contributed by atoms with Crippen molar-refractivity contribution in [2.45, 2.75) is 68.9 Å². The maximum atomic E-state index is 13.1. The Labute approximate surface area is 233 Å². The second-order valence-electron chi connectivity index (χ2n) is 10.6. The van der Waals surface area contributed by atoms with E-state index in [1.54, 1.807) is 6.07 Å². The maximum Gasteiger partial charge on any atom is 0.303 e. The van der Waals surface area contributed by atoms with Crippen molar-refractivity contribution in [2.75, 3.05) is 6.79 Å². The van der Waals surface area contributed by atoms with Crippen LogP contribution >= 0.6 is 0 Å². The summed E-state index contributed by atoms with van der Waals surface area (Å²) < 4.78 is 23.9. The predicted molar refractivity (Wildman–Crippen MR) is 147 cm³/mol. The van der Waals surface area contributed by atoms with Gasteiger partial charge in [-0.25, -0.2) is 0 Å². The third-order valence-corrected chi connectivity index (χ3v) is 8.55. The summed E-state index contributed by atoms with van der Waals surface area (Å²) in [6, 6.07) is 26.1. The molecule has 3 aromatic rings. The lowest BCUT2D eigenvalue weighted by molar-refractivity contribution is -0.774. The number of carbonyl (C=O) groups excluding carboxylic acids is 1. The smallest absolute Gasteiger partial charge is 0.303 e. The molecule has 1 aliphatic carbocycles. The molecular formula is C32H33NO7. The van der Waals surface area contributed by atoms with Crippen LogP contribution in [0.3, 0.4) is 0 Å². The van der Waals surface area contributed by atoms with Gasteiger partial charge in [0.1, 0.15) is 5.41 Å². The summed E-state index contributed by atoms with van der Waals surface area (Å²) >= 11 is 0. The van der Waals surface area contributed by atoms with Gasteiger partial charge in [-0.3, -0.25) is 10.0 Å². The van der Waals surface area contributed by atoms with Crippen molar-refractivity contribution < 1.29 is 33.5 Å². The summed E-state index contributed by atoms with van der Waals surface area (Å²) in [6.07, 6.45) is 2.00. The standard InChI is InChI=1S/C32H33NO7/c1-3-31(25-16-17-26-27(19-25)37-21-36-26)20-33(35)40-30(29(31)38-22(2)34)39-28-15-10-18-32(28,23-11-6-4-7-12-23)24-13-8-5-9-14-24/h4-9,11-14,16-17,19-20,28-30H,3,10,15,18,21H2,1-2H3/t28?,29-,30-,31+/m0/s1. The third-order valence-electron chi connectivity index (χ3n) is 8.55. The van der Waals surface area contributed by atoms with Crippen LogP contribution in [0.2, 0.25) is 0 Å². The largest absolute Gasteiger partial charge is 0.457 e. The van der Waals surface area contributed by atoms with Gasteiger partial charge in [-0.15, -0.1) is 0 Å². The van der Waals surface area contributed by atoms with E-state index in [4.69, 9.17) is 23.8 Å². The molecule has 40 heavy (non-hydrogen) atoms. The summed E-state index contributed by atoms with van der Waals surface area (Å²) in [4.78, 5) is 18.7. The van der Waals surface area contributed by atoms with Gasteiger partial charge in [0.15, 0.2) is 17.6 Å². The van der Waals surface area contributed by atoms with E-state index >= 15 is 0 Å².